The SMILES string of the molecule is O=[N+]([O-])c1cc(CSc2ccccc2)ccc1Cl. The summed E-state index contributed by atoms with van der Waals surface area (Å²) < 4.78 is 0. The molecule has 2 aromatic carbocycles. The summed E-state index contributed by atoms with van der Waals surface area (Å²) in [5.74, 6) is 0.683. The third-order valence-electron chi connectivity index (χ3n) is 2.36. The zero-order valence-corrected chi connectivity index (χ0v) is 10.9. The number of benzene rings is 2. The number of nitro benzene ring substituents is 1. The average molecular weight is 280 g/mol. The van der Waals surface area contributed by atoms with Crippen LogP contribution in [-0.4, -0.2) is 4.92 Å². The second kappa shape index (κ2) is 5.89. The van der Waals surface area contributed by atoms with Crippen LogP contribution in [0.1, 0.15) is 5.56 Å². The van der Waals surface area contributed by atoms with Crippen molar-refractivity contribution in [3.8, 4) is 0 Å². The van der Waals surface area contributed by atoms with Gasteiger partial charge >= 0.3 is 0 Å². The van der Waals surface area contributed by atoms with Crippen molar-refractivity contribution in [3.63, 3.8) is 0 Å². The van der Waals surface area contributed by atoms with E-state index in [2.05, 4.69) is 0 Å². The Morgan fingerprint density at radius 2 is 1.89 bits per heavy atom. The van der Waals surface area contributed by atoms with Gasteiger partial charge in [0, 0.05) is 16.7 Å². The maximum absolute atomic E-state index is 10.8. The number of nitrogens with zero attached hydrogens (tertiary/aromatic N) is 1. The van der Waals surface area contributed by atoms with E-state index in [1.165, 1.54) is 6.07 Å². The summed E-state index contributed by atoms with van der Waals surface area (Å²) in [7, 11) is 0. The van der Waals surface area contributed by atoms with E-state index in [-0.39, 0.29) is 10.7 Å². The molecule has 5 heteroatoms. The number of thioether (sulfide) groups is 1. The summed E-state index contributed by atoms with van der Waals surface area (Å²) in [6.45, 7) is 0. The molecule has 2 rings (SSSR count). The quantitative estimate of drug-likeness (QED) is 0.469. The largest absolute Gasteiger partial charge is 0.288 e. The minimum atomic E-state index is -0.459. The summed E-state index contributed by atoms with van der Waals surface area (Å²) >= 11 is 7.39. The van der Waals surface area contributed by atoms with Crippen LogP contribution in [-0.2, 0) is 5.75 Å². The lowest BCUT2D eigenvalue weighted by Crippen LogP contribution is -1.91. The van der Waals surface area contributed by atoms with Gasteiger partial charge in [0.1, 0.15) is 5.02 Å². The highest BCUT2D eigenvalue weighted by atomic mass is 35.5. The highest BCUT2D eigenvalue weighted by Crippen LogP contribution is 2.28. The van der Waals surface area contributed by atoms with Crippen LogP contribution < -0.4 is 0 Å². The fourth-order valence-corrected chi connectivity index (χ4v) is 2.52. The summed E-state index contributed by atoms with van der Waals surface area (Å²) in [5, 5.41) is 10.9. The van der Waals surface area contributed by atoms with Gasteiger partial charge in [-0.05, 0) is 23.8 Å². The van der Waals surface area contributed by atoms with Gasteiger partial charge in [0.15, 0.2) is 0 Å². The summed E-state index contributed by atoms with van der Waals surface area (Å²) in [6, 6.07) is 14.8. The second-order valence-corrected chi connectivity index (χ2v) is 5.10. The van der Waals surface area contributed by atoms with E-state index < -0.39 is 4.92 Å². The Morgan fingerprint density at radius 1 is 1.17 bits per heavy atom. The van der Waals surface area contributed by atoms with Gasteiger partial charge in [-0.25, -0.2) is 0 Å². The molecule has 0 radical (unpaired) electrons. The van der Waals surface area contributed by atoms with Crippen molar-refractivity contribution >= 4 is 29.1 Å². The predicted octanol–water partition coefficient (Wildman–Crippen LogP) is 4.54. The number of halogens is 1. The summed E-state index contributed by atoms with van der Waals surface area (Å²) in [4.78, 5) is 11.4. The Kier molecular flexibility index (Phi) is 4.23. The van der Waals surface area contributed by atoms with Crippen molar-refractivity contribution in [2.45, 2.75) is 10.6 Å². The lowest BCUT2D eigenvalue weighted by atomic mass is 10.2. The minimum absolute atomic E-state index is 0.0390. The number of nitro groups is 1. The van der Waals surface area contributed by atoms with Gasteiger partial charge in [-0.3, -0.25) is 10.1 Å². The van der Waals surface area contributed by atoms with Crippen molar-refractivity contribution in [1.82, 2.24) is 0 Å². The van der Waals surface area contributed by atoms with Crippen molar-refractivity contribution in [3.05, 3.63) is 69.2 Å². The Morgan fingerprint density at radius 3 is 2.56 bits per heavy atom. The smallest absolute Gasteiger partial charge is 0.258 e. The molecule has 0 aliphatic rings. The molecule has 3 nitrogen and oxygen atoms in total. The van der Waals surface area contributed by atoms with Gasteiger partial charge in [0.05, 0.1) is 4.92 Å². The molecular formula is C13H10ClNO2S. The monoisotopic (exact) mass is 279 g/mol. The van der Waals surface area contributed by atoms with Crippen molar-refractivity contribution in [1.29, 1.82) is 0 Å². The van der Waals surface area contributed by atoms with Crippen LogP contribution in [0, 0.1) is 10.1 Å². The van der Waals surface area contributed by atoms with Gasteiger partial charge in [0.25, 0.3) is 5.69 Å². The fraction of sp³-hybridized carbons (Fsp3) is 0.0769. The molecule has 0 aliphatic carbocycles. The summed E-state index contributed by atoms with van der Waals surface area (Å²) in [5.41, 5.74) is 0.850. The van der Waals surface area contributed by atoms with E-state index >= 15 is 0 Å². The first kappa shape index (κ1) is 12.9. The zero-order valence-electron chi connectivity index (χ0n) is 9.38. The van der Waals surface area contributed by atoms with Crippen molar-refractivity contribution in [2.24, 2.45) is 0 Å². The highest BCUT2D eigenvalue weighted by Gasteiger charge is 2.12. The first-order valence-corrected chi connectivity index (χ1v) is 6.64. The molecule has 18 heavy (non-hydrogen) atoms. The van der Waals surface area contributed by atoms with Crippen molar-refractivity contribution < 1.29 is 4.92 Å². The molecule has 0 bridgehead atoms. The van der Waals surface area contributed by atoms with E-state index in [9.17, 15) is 10.1 Å². The van der Waals surface area contributed by atoms with E-state index in [1.807, 2.05) is 36.4 Å². The minimum Gasteiger partial charge on any atom is -0.258 e. The van der Waals surface area contributed by atoms with Crippen LogP contribution in [0.15, 0.2) is 53.4 Å². The third-order valence-corrected chi connectivity index (χ3v) is 3.76. The number of rotatable bonds is 4. The molecule has 2 aromatic rings. The second-order valence-electron chi connectivity index (χ2n) is 3.64. The molecule has 0 atom stereocenters. The molecule has 0 aliphatic heterocycles. The van der Waals surface area contributed by atoms with Crippen LogP contribution in [0.25, 0.3) is 0 Å². The molecule has 0 amide bonds. The van der Waals surface area contributed by atoms with E-state index in [0.29, 0.717) is 5.75 Å². The van der Waals surface area contributed by atoms with Crippen LogP contribution >= 0.6 is 23.4 Å². The molecule has 0 unspecified atom stereocenters. The van der Waals surface area contributed by atoms with Gasteiger partial charge in [-0.2, -0.15) is 0 Å². The number of hydrogen-bond donors (Lipinski definition) is 0. The van der Waals surface area contributed by atoms with Gasteiger partial charge < -0.3 is 0 Å². The van der Waals surface area contributed by atoms with Crippen LogP contribution in [0.4, 0.5) is 5.69 Å². The average Bonchev–Trinajstić information content (AvgIpc) is 2.38. The topological polar surface area (TPSA) is 43.1 Å². The summed E-state index contributed by atoms with van der Waals surface area (Å²) in [6.07, 6.45) is 0. The normalized spacial score (nSPS) is 10.3. The zero-order chi connectivity index (χ0) is 13.0. The third kappa shape index (κ3) is 3.24. The highest BCUT2D eigenvalue weighted by molar-refractivity contribution is 7.98. The maximum Gasteiger partial charge on any atom is 0.288 e. The lowest BCUT2D eigenvalue weighted by Gasteiger charge is -2.03. The van der Waals surface area contributed by atoms with Gasteiger partial charge in [-0.1, -0.05) is 35.9 Å². The molecule has 0 heterocycles. The first-order chi connectivity index (χ1) is 8.66. The molecule has 0 N–H and O–H groups in total. The molecule has 0 saturated heterocycles. The van der Waals surface area contributed by atoms with Gasteiger partial charge in [0.2, 0.25) is 0 Å². The fourth-order valence-electron chi connectivity index (χ4n) is 1.47. The lowest BCUT2D eigenvalue weighted by molar-refractivity contribution is -0.384. The van der Waals surface area contributed by atoms with Crippen LogP contribution in [0.3, 0.4) is 0 Å². The van der Waals surface area contributed by atoms with Crippen LogP contribution in [0.5, 0.6) is 0 Å². The van der Waals surface area contributed by atoms with E-state index in [4.69, 9.17) is 11.6 Å². The molecular weight excluding hydrogens is 270 g/mol. The first-order valence-electron chi connectivity index (χ1n) is 5.27. The molecule has 0 spiro atoms. The van der Waals surface area contributed by atoms with Crippen molar-refractivity contribution in [2.75, 3.05) is 0 Å². The Labute approximate surface area is 114 Å². The van der Waals surface area contributed by atoms with Gasteiger partial charge in [-0.15, -0.1) is 11.8 Å². The Hall–Kier alpha value is -1.52. The molecule has 92 valence electrons. The molecule has 0 aromatic heterocycles. The van der Waals surface area contributed by atoms with E-state index in [0.717, 1.165) is 10.5 Å². The van der Waals surface area contributed by atoms with E-state index in [1.54, 1.807) is 17.8 Å². The molecule has 0 saturated carbocycles. The Bertz CT molecular complexity index is 560. The number of hydrogen-bond acceptors (Lipinski definition) is 3. The maximum atomic E-state index is 10.8. The predicted molar refractivity (Wildman–Crippen MR) is 74.1 cm³/mol. The molecule has 0 fully saturated rings. The van der Waals surface area contributed by atoms with Crippen LogP contribution in [0.2, 0.25) is 5.02 Å². The Balaban J connectivity index is 2.11. The standard InChI is InChI=1S/C13H10ClNO2S/c14-12-7-6-10(8-13(12)15(16)17)9-18-11-4-2-1-3-5-11/h1-8H,9H2.